The molecule has 20 heavy (non-hydrogen) atoms. The molecule has 0 bridgehead atoms. The van der Waals surface area contributed by atoms with Crippen LogP contribution in [0.15, 0.2) is 42.5 Å². The summed E-state index contributed by atoms with van der Waals surface area (Å²) in [6.45, 7) is 1.86. The van der Waals surface area contributed by atoms with E-state index in [0.717, 1.165) is 5.69 Å². The number of carbonyl (C=O) groups excluding carboxylic acids is 1. The molecule has 0 spiro atoms. The van der Waals surface area contributed by atoms with E-state index in [1.165, 1.54) is 6.92 Å². The smallest absolute Gasteiger partial charge is 0.221 e. The lowest BCUT2D eigenvalue weighted by molar-refractivity contribution is -0.114. The SMILES string of the molecule is CC(=O)Nc1cccc(NCc2c(O)cccc2Cl)c1. The first-order valence-electron chi connectivity index (χ1n) is 6.14. The largest absolute Gasteiger partial charge is 0.508 e. The van der Waals surface area contributed by atoms with Gasteiger partial charge in [-0.1, -0.05) is 23.7 Å². The molecule has 2 aromatic rings. The lowest BCUT2D eigenvalue weighted by Gasteiger charge is -2.11. The third-order valence-corrected chi connectivity index (χ3v) is 3.10. The van der Waals surface area contributed by atoms with Gasteiger partial charge in [-0.05, 0) is 30.3 Å². The Hall–Kier alpha value is -2.20. The first-order valence-corrected chi connectivity index (χ1v) is 6.52. The van der Waals surface area contributed by atoms with Crippen LogP contribution >= 0.6 is 11.6 Å². The van der Waals surface area contributed by atoms with Gasteiger partial charge in [-0.25, -0.2) is 0 Å². The van der Waals surface area contributed by atoms with Crippen molar-refractivity contribution in [3.8, 4) is 5.75 Å². The molecule has 0 aliphatic rings. The Morgan fingerprint density at radius 2 is 1.90 bits per heavy atom. The third-order valence-electron chi connectivity index (χ3n) is 2.75. The average molecular weight is 291 g/mol. The third kappa shape index (κ3) is 3.65. The van der Waals surface area contributed by atoms with Gasteiger partial charge < -0.3 is 15.7 Å². The molecule has 104 valence electrons. The van der Waals surface area contributed by atoms with Crippen molar-refractivity contribution in [2.45, 2.75) is 13.5 Å². The number of nitrogens with one attached hydrogen (secondary N) is 2. The monoisotopic (exact) mass is 290 g/mol. The van der Waals surface area contributed by atoms with Gasteiger partial charge in [-0.15, -0.1) is 0 Å². The van der Waals surface area contributed by atoms with Crippen LogP contribution in [0, 0.1) is 0 Å². The van der Waals surface area contributed by atoms with E-state index in [2.05, 4.69) is 10.6 Å². The summed E-state index contributed by atoms with van der Waals surface area (Å²) in [4.78, 5) is 11.0. The number of halogens is 1. The van der Waals surface area contributed by atoms with Crippen molar-refractivity contribution in [1.82, 2.24) is 0 Å². The molecule has 4 nitrogen and oxygen atoms in total. The van der Waals surface area contributed by atoms with Crippen molar-refractivity contribution in [3.63, 3.8) is 0 Å². The number of rotatable bonds is 4. The van der Waals surface area contributed by atoms with Crippen LogP contribution in [-0.2, 0) is 11.3 Å². The Labute approximate surface area is 122 Å². The minimum atomic E-state index is -0.120. The fraction of sp³-hybridized carbons (Fsp3) is 0.133. The second kappa shape index (κ2) is 6.30. The molecule has 2 rings (SSSR count). The summed E-state index contributed by atoms with van der Waals surface area (Å²) in [7, 11) is 0. The summed E-state index contributed by atoms with van der Waals surface area (Å²) in [6, 6.07) is 12.3. The number of phenolic OH excluding ortho intramolecular Hbond substituents is 1. The lowest BCUT2D eigenvalue weighted by atomic mass is 10.2. The minimum Gasteiger partial charge on any atom is -0.508 e. The Morgan fingerprint density at radius 1 is 1.20 bits per heavy atom. The number of hydrogen-bond donors (Lipinski definition) is 3. The molecule has 0 aromatic heterocycles. The molecular formula is C15H15ClN2O2. The highest BCUT2D eigenvalue weighted by molar-refractivity contribution is 6.31. The second-order valence-electron chi connectivity index (χ2n) is 4.35. The van der Waals surface area contributed by atoms with Gasteiger partial charge in [0.1, 0.15) is 5.75 Å². The van der Waals surface area contributed by atoms with Gasteiger partial charge in [0, 0.05) is 35.4 Å². The molecule has 0 saturated carbocycles. The normalized spacial score (nSPS) is 10.1. The molecule has 0 aliphatic carbocycles. The van der Waals surface area contributed by atoms with E-state index in [-0.39, 0.29) is 11.7 Å². The van der Waals surface area contributed by atoms with Crippen LogP contribution in [0.2, 0.25) is 5.02 Å². The van der Waals surface area contributed by atoms with Crippen LogP contribution in [0.4, 0.5) is 11.4 Å². The van der Waals surface area contributed by atoms with Gasteiger partial charge in [0.05, 0.1) is 0 Å². The fourth-order valence-electron chi connectivity index (χ4n) is 1.82. The summed E-state index contributed by atoms with van der Waals surface area (Å²) >= 11 is 6.04. The second-order valence-corrected chi connectivity index (χ2v) is 4.76. The Morgan fingerprint density at radius 3 is 2.60 bits per heavy atom. The Kier molecular flexibility index (Phi) is 4.48. The number of phenols is 1. The molecule has 0 aliphatic heterocycles. The zero-order valence-electron chi connectivity index (χ0n) is 11.0. The summed E-state index contributed by atoms with van der Waals surface area (Å²) in [5.74, 6) is 0.0360. The molecule has 5 heteroatoms. The van der Waals surface area contributed by atoms with E-state index in [9.17, 15) is 9.90 Å². The van der Waals surface area contributed by atoms with Crippen LogP contribution in [-0.4, -0.2) is 11.0 Å². The summed E-state index contributed by atoms with van der Waals surface area (Å²) < 4.78 is 0. The number of hydrogen-bond acceptors (Lipinski definition) is 3. The van der Waals surface area contributed by atoms with Crippen molar-refractivity contribution in [2.75, 3.05) is 10.6 Å². The van der Waals surface area contributed by atoms with Gasteiger partial charge in [0.25, 0.3) is 0 Å². The van der Waals surface area contributed by atoms with E-state index >= 15 is 0 Å². The fourth-order valence-corrected chi connectivity index (χ4v) is 2.06. The number of benzene rings is 2. The standard InChI is InChI=1S/C15H15ClN2O2/c1-10(19)18-12-5-2-4-11(8-12)17-9-13-14(16)6-3-7-15(13)20/h2-8,17,20H,9H2,1H3,(H,18,19). The first kappa shape index (κ1) is 14.2. The van der Waals surface area contributed by atoms with Gasteiger partial charge in [-0.2, -0.15) is 0 Å². The molecule has 0 saturated heterocycles. The number of aromatic hydroxyl groups is 1. The maximum atomic E-state index is 11.0. The van der Waals surface area contributed by atoms with Crippen LogP contribution < -0.4 is 10.6 Å². The quantitative estimate of drug-likeness (QED) is 0.806. The van der Waals surface area contributed by atoms with Gasteiger partial charge in [0.15, 0.2) is 0 Å². The van der Waals surface area contributed by atoms with E-state index in [4.69, 9.17) is 11.6 Å². The molecule has 0 unspecified atom stereocenters. The van der Waals surface area contributed by atoms with E-state index in [1.54, 1.807) is 24.3 Å². The Bertz CT molecular complexity index is 609. The molecule has 0 heterocycles. The van der Waals surface area contributed by atoms with Gasteiger partial charge in [0.2, 0.25) is 5.91 Å². The summed E-state index contributed by atoms with van der Waals surface area (Å²) in [5, 5.41) is 16.1. The van der Waals surface area contributed by atoms with Crippen LogP contribution in [0.25, 0.3) is 0 Å². The molecular weight excluding hydrogens is 276 g/mol. The maximum absolute atomic E-state index is 11.0. The van der Waals surface area contributed by atoms with E-state index in [0.29, 0.717) is 22.8 Å². The summed E-state index contributed by atoms with van der Waals surface area (Å²) in [5.41, 5.74) is 2.18. The van der Waals surface area contributed by atoms with Crippen molar-refractivity contribution in [1.29, 1.82) is 0 Å². The predicted molar refractivity (Wildman–Crippen MR) is 81.2 cm³/mol. The molecule has 0 fully saturated rings. The van der Waals surface area contributed by atoms with Crippen molar-refractivity contribution >= 4 is 28.9 Å². The van der Waals surface area contributed by atoms with Gasteiger partial charge >= 0.3 is 0 Å². The topological polar surface area (TPSA) is 61.4 Å². The highest BCUT2D eigenvalue weighted by atomic mass is 35.5. The average Bonchev–Trinajstić information content (AvgIpc) is 2.38. The number of carbonyl (C=O) groups is 1. The van der Waals surface area contributed by atoms with Crippen molar-refractivity contribution in [3.05, 3.63) is 53.1 Å². The zero-order valence-corrected chi connectivity index (χ0v) is 11.7. The number of anilines is 2. The van der Waals surface area contributed by atoms with E-state index < -0.39 is 0 Å². The highest BCUT2D eigenvalue weighted by Gasteiger charge is 2.06. The van der Waals surface area contributed by atoms with Gasteiger partial charge in [-0.3, -0.25) is 4.79 Å². The van der Waals surface area contributed by atoms with Crippen molar-refractivity contribution in [2.24, 2.45) is 0 Å². The molecule has 3 N–H and O–H groups in total. The van der Waals surface area contributed by atoms with Crippen molar-refractivity contribution < 1.29 is 9.90 Å². The maximum Gasteiger partial charge on any atom is 0.221 e. The molecule has 2 aromatic carbocycles. The molecule has 1 amide bonds. The van der Waals surface area contributed by atoms with E-state index in [1.807, 2.05) is 18.2 Å². The molecule has 0 radical (unpaired) electrons. The number of amides is 1. The predicted octanol–water partition coefficient (Wildman–Crippen LogP) is 3.62. The summed E-state index contributed by atoms with van der Waals surface area (Å²) in [6.07, 6.45) is 0. The lowest BCUT2D eigenvalue weighted by Crippen LogP contribution is -2.06. The van der Waals surface area contributed by atoms with Crippen LogP contribution in [0.1, 0.15) is 12.5 Å². The first-order chi connectivity index (χ1) is 9.56. The molecule has 0 atom stereocenters. The van der Waals surface area contributed by atoms with Crippen LogP contribution in [0.5, 0.6) is 5.75 Å². The highest BCUT2D eigenvalue weighted by Crippen LogP contribution is 2.26. The zero-order chi connectivity index (χ0) is 14.5. The van der Waals surface area contributed by atoms with Crippen LogP contribution in [0.3, 0.4) is 0 Å². The Balaban J connectivity index is 2.09. The minimum absolute atomic E-state index is 0.120.